The van der Waals surface area contributed by atoms with Crippen LogP contribution in [0.3, 0.4) is 0 Å². The van der Waals surface area contributed by atoms with Crippen molar-refractivity contribution >= 4 is 5.97 Å². The SMILES string of the molecule is COc1cc(CCC(O)c2cccc(OCC(=O)OC(C)(C)C)c2)cc(F)c1OC. The summed E-state index contributed by atoms with van der Waals surface area (Å²) in [6, 6.07) is 9.93. The summed E-state index contributed by atoms with van der Waals surface area (Å²) in [7, 11) is 2.82. The summed E-state index contributed by atoms with van der Waals surface area (Å²) < 4.78 is 35.0. The summed E-state index contributed by atoms with van der Waals surface area (Å²) in [5.41, 5.74) is 0.737. The molecule has 1 N–H and O–H groups in total. The van der Waals surface area contributed by atoms with Crippen molar-refractivity contribution < 1.29 is 33.2 Å². The van der Waals surface area contributed by atoms with E-state index in [0.29, 0.717) is 35.5 Å². The van der Waals surface area contributed by atoms with Crippen molar-refractivity contribution in [3.8, 4) is 17.2 Å². The average Bonchev–Trinajstić information content (AvgIpc) is 2.69. The third-order valence-electron chi connectivity index (χ3n) is 4.22. The van der Waals surface area contributed by atoms with Crippen LogP contribution < -0.4 is 14.2 Å². The van der Waals surface area contributed by atoms with E-state index in [1.54, 1.807) is 51.1 Å². The van der Waals surface area contributed by atoms with Gasteiger partial charge in [0, 0.05) is 0 Å². The van der Waals surface area contributed by atoms with Gasteiger partial charge in [-0.15, -0.1) is 0 Å². The van der Waals surface area contributed by atoms with Crippen molar-refractivity contribution in [2.75, 3.05) is 20.8 Å². The van der Waals surface area contributed by atoms with Crippen molar-refractivity contribution in [2.45, 2.75) is 45.3 Å². The zero-order valence-electron chi connectivity index (χ0n) is 18.0. The maximum Gasteiger partial charge on any atom is 0.344 e. The van der Waals surface area contributed by atoms with Gasteiger partial charge in [0.05, 0.1) is 20.3 Å². The lowest BCUT2D eigenvalue weighted by atomic mass is 10.0. The van der Waals surface area contributed by atoms with Crippen LogP contribution in [-0.4, -0.2) is 37.5 Å². The predicted octanol–water partition coefficient (Wildman–Crippen LogP) is 4.23. The minimum atomic E-state index is -0.786. The highest BCUT2D eigenvalue weighted by Gasteiger charge is 2.17. The third-order valence-corrected chi connectivity index (χ3v) is 4.22. The zero-order valence-corrected chi connectivity index (χ0v) is 18.0. The second kappa shape index (κ2) is 10.3. The first kappa shape index (κ1) is 23.5. The van der Waals surface area contributed by atoms with Crippen molar-refractivity contribution in [1.29, 1.82) is 0 Å². The third kappa shape index (κ3) is 6.91. The van der Waals surface area contributed by atoms with Gasteiger partial charge in [0.25, 0.3) is 0 Å². The van der Waals surface area contributed by atoms with Crippen molar-refractivity contribution in [3.05, 3.63) is 53.3 Å². The molecule has 2 rings (SSSR count). The Morgan fingerprint density at radius 3 is 2.50 bits per heavy atom. The van der Waals surface area contributed by atoms with Crippen molar-refractivity contribution in [2.24, 2.45) is 0 Å². The van der Waals surface area contributed by atoms with Crippen LogP contribution in [0.15, 0.2) is 36.4 Å². The molecular weight excluding hydrogens is 391 g/mol. The highest BCUT2D eigenvalue weighted by Crippen LogP contribution is 2.32. The van der Waals surface area contributed by atoms with Crippen LogP contribution in [0.5, 0.6) is 17.2 Å². The summed E-state index contributed by atoms with van der Waals surface area (Å²) in [4.78, 5) is 11.8. The van der Waals surface area contributed by atoms with Gasteiger partial charge in [0.2, 0.25) is 0 Å². The van der Waals surface area contributed by atoms with E-state index in [1.807, 2.05) is 0 Å². The molecule has 6 nitrogen and oxygen atoms in total. The molecule has 0 saturated carbocycles. The molecule has 0 radical (unpaired) electrons. The van der Waals surface area contributed by atoms with Crippen molar-refractivity contribution in [1.82, 2.24) is 0 Å². The monoisotopic (exact) mass is 420 g/mol. The number of ether oxygens (including phenoxy) is 4. The number of methoxy groups -OCH3 is 2. The highest BCUT2D eigenvalue weighted by atomic mass is 19.1. The number of esters is 1. The zero-order chi connectivity index (χ0) is 22.3. The van der Waals surface area contributed by atoms with Crippen LogP contribution in [0.2, 0.25) is 0 Å². The molecule has 0 spiro atoms. The van der Waals surface area contributed by atoms with Crippen LogP contribution in [0.1, 0.15) is 44.4 Å². The Morgan fingerprint density at radius 1 is 1.13 bits per heavy atom. The molecule has 0 aliphatic carbocycles. The Morgan fingerprint density at radius 2 is 1.87 bits per heavy atom. The van der Waals surface area contributed by atoms with Crippen LogP contribution in [0.25, 0.3) is 0 Å². The van der Waals surface area contributed by atoms with E-state index in [9.17, 15) is 14.3 Å². The second-order valence-corrected chi connectivity index (χ2v) is 7.82. The van der Waals surface area contributed by atoms with Gasteiger partial charge in [-0.05, 0) is 69.0 Å². The molecule has 0 amide bonds. The summed E-state index contributed by atoms with van der Waals surface area (Å²) in [5.74, 6) is -0.173. The van der Waals surface area contributed by atoms with Crippen LogP contribution >= 0.6 is 0 Å². The molecule has 0 heterocycles. The number of carbonyl (C=O) groups is 1. The number of rotatable bonds is 9. The van der Waals surface area contributed by atoms with Crippen molar-refractivity contribution in [3.63, 3.8) is 0 Å². The Kier molecular flexibility index (Phi) is 8.06. The van der Waals surface area contributed by atoms with E-state index in [0.717, 1.165) is 0 Å². The molecule has 1 unspecified atom stereocenters. The van der Waals surface area contributed by atoms with Crippen LogP contribution in [0, 0.1) is 5.82 Å². The van der Waals surface area contributed by atoms with E-state index < -0.39 is 23.5 Å². The lowest BCUT2D eigenvalue weighted by molar-refractivity contribution is -0.157. The summed E-state index contributed by atoms with van der Waals surface area (Å²) in [5, 5.41) is 10.5. The molecule has 7 heteroatoms. The van der Waals surface area contributed by atoms with Crippen LogP contribution in [-0.2, 0) is 16.0 Å². The molecule has 0 fully saturated rings. The van der Waals surface area contributed by atoms with Gasteiger partial charge in [-0.1, -0.05) is 12.1 Å². The van der Waals surface area contributed by atoms with E-state index in [-0.39, 0.29) is 12.4 Å². The van der Waals surface area contributed by atoms with E-state index in [2.05, 4.69) is 0 Å². The molecule has 0 aliphatic heterocycles. The molecule has 0 saturated heterocycles. The number of aliphatic hydroxyl groups is 1. The fourth-order valence-electron chi connectivity index (χ4n) is 2.91. The first-order chi connectivity index (χ1) is 14.1. The summed E-state index contributed by atoms with van der Waals surface area (Å²) in [6.07, 6.45) is 0.0116. The van der Waals surface area contributed by atoms with E-state index in [1.165, 1.54) is 20.3 Å². The lowest BCUT2D eigenvalue weighted by Gasteiger charge is -2.19. The largest absolute Gasteiger partial charge is 0.493 e. The van der Waals surface area contributed by atoms with Gasteiger partial charge in [-0.25, -0.2) is 9.18 Å². The van der Waals surface area contributed by atoms with Gasteiger partial charge < -0.3 is 24.1 Å². The van der Waals surface area contributed by atoms with E-state index >= 15 is 0 Å². The van der Waals surface area contributed by atoms with Gasteiger partial charge in [0.15, 0.2) is 23.9 Å². The molecule has 164 valence electrons. The predicted molar refractivity (Wildman–Crippen MR) is 111 cm³/mol. The molecule has 2 aromatic carbocycles. The molecule has 0 aliphatic rings. The Hall–Kier alpha value is -2.80. The maximum absolute atomic E-state index is 14.1. The fraction of sp³-hybridized carbons (Fsp3) is 0.435. The van der Waals surface area contributed by atoms with Crippen LogP contribution in [0.4, 0.5) is 4.39 Å². The molecule has 30 heavy (non-hydrogen) atoms. The van der Waals surface area contributed by atoms with Gasteiger partial charge >= 0.3 is 5.97 Å². The number of benzene rings is 2. The smallest absolute Gasteiger partial charge is 0.344 e. The number of aliphatic hydroxyl groups excluding tert-OH is 1. The maximum atomic E-state index is 14.1. The Balaban J connectivity index is 1.98. The standard InChI is InChI=1S/C23H29FO6/c1-23(2,3)30-21(26)14-29-17-8-6-7-16(13-17)19(25)10-9-15-11-18(24)22(28-5)20(12-15)27-4/h6-8,11-13,19,25H,9-10,14H2,1-5H3. The number of aryl methyl sites for hydroxylation is 1. The minimum absolute atomic E-state index is 0.0524. The van der Waals surface area contributed by atoms with Gasteiger partial charge in [-0.2, -0.15) is 0 Å². The molecule has 0 bridgehead atoms. The summed E-state index contributed by atoms with van der Waals surface area (Å²) >= 11 is 0. The quantitative estimate of drug-likeness (QED) is 0.612. The second-order valence-electron chi connectivity index (χ2n) is 7.82. The van der Waals surface area contributed by atoms with E-state index in [4.69, 9.17) is 18.9 Å². The topological polar surface area (TPSA) is 74.2 Å². The number of hydrogen-bond acceptors (Lipinski definition) is 6. The number of halogens is 1. The Bertz CT molecular complexity index is 859. The highest BCUT2D eigenvalue weighted by molar-refractivity contribution is 5.71. The summed E-state index contributed by atoms with van der Waals surface area (Å²) in [6.45, 7) is 5.13. The lowest BCUT2D eigenvalue weighted by Crippen LogP contribution is -2.27. The minimum Gasteiger partial charge on any atom is -0.493 e. The molecule has 2 aromatic rings. The normalized spacial score (nSPS) is 12.2. The first-order valence-corrected chi connectivity index (χ1v) is 9.66. The van der Waals surface area contributed by atoms with Gasteiger partial charge in [0.1, 0.15) is 11.4 Å². The first-order valence-electron chi connectivity index (χ1n) is 9.66. The van der Waals surface area contributed by atoms with Gasteiger partial charge in [-0.3, -0.25) is 0 Å². The number of hydrogen-bond donors (Lipinski definition) is 1. The Labute approximate surface area is 176 Å². The fourth-order valence-corrected chi connectivity index (χ4v) is 2.91. The number of carbonyl (C=O) groups excluding carboxylic acids is 1. The average molecular weight is 420 g/mol. The molecule has 1 atom stereocenters. The molecular formula is C23H29FO6. The molecule has 0 aromatic heterocycles.